The lowest BCUT2D eigenvalue weighted by Crippen LogP contribution is -2.16. The van der Waals surface area contributed by atoms with E-state index in [9.17, 15) is 26.4 Å². The van der Waals surface area contributed by atoms with Crippen LogP contribution in [0.3, 0.4) is 0 Å². The zero-order chi connectivity index (χ0) is 22.4. The van der Waals surface area contributed by atoms with Crippen molar-refractivity contribution in [1.29, 1.82) is 0 Å². The fourth-order valence-corrected chi connectivity index (χ4v) is 4.15. The number of nitrogens with one attached hydrogen (secondary N) is 2. The Balaban J connectivity index is 1.65. The van der Waals surface area contributed by atoms with Crippen molar-refractivity contribution in [2.24, 2.45) is 0 Å². The molecule has 2 N–H and O–H groups in total. The third-order valence-electron chi connectivity index (χ3n) is 4.55. The van der Waals surface area contributed by atoms with E-state index in [1.807, 2.05) is 13.0 Å². The van der Waals surface area contributed by atoms with Gasteiger partial charge in [-0.25, -0.2) is 8.42 Å². The van der Waals surface area contributed by atoms with Gasteiger partial charge in [0.05, 0.1) is 21.7 Å². The van der Waals surface area contributed by atoms with Crippen molar-refractivity contribution in [2.45, 2.75) is 18.0 Å². The minimum atomic E-state index is -4.68. The van der Waals surface area contributed by atoms with E-state index < -0.39 is 32.6 Å². The SMILES string of the molecule is Cc1ccc2c(c1)NC(=O)c1cc(NS(=O)(=O)c3cccc(C(F)(F)F)c3)ccc1O2. The zero-order valence-electron chi connectivity index (χ0n) is 15.9. The molecular weight excluding hydrogens is 433 g/mol. The van der Waals surface area contributed by atoms with Gasteiger partial charge >= 0.3 is 6.18 Å². The highest BCUT2D eigenvalue weighted by atomic mass is 32.2. The molecule has 0 unspecified atom stereocenters. The van der Waals surface area contributed by atoms with Crippen LogP contribution in [0.25, 0.3) is 0 Å². The quantitative estimate of drug-likeness (QED) is 0.579. The maximum absolute atomic E-state index is 12.9. The van der Waals surface area contributed by atoms with Crippen LogP contribution in [0.1, 0.15) is 21.5 Å². The number of amides is 1. The molecule has 1 heterocycles. The molecule has 10 heteroatoms. The average molecular weight is 448 g/mol. The highest BCUT2D eigenvalue weighted by Gasteiger charge is 2.32. The molecule has 4 rings (SSSR count). The fourth-order valence-electron chi connectivity index (χ4n) is 3.05. The average Bonchev–Trinajstić information content (AvgIpc) is 2.83. The minimum absolute atomic E-state index is 0.00273. The number of carbonyl (C=O) groups excluding carboxylic acids is 1. The Bertz CT molecular complexity index is 1300. The Morgan fingerprint density at radius 3 is 2.45 bits per heavy atom. The van der Waals surface area contributed by atoms with Gasteiger partial charge in [-0.3, -0.25) is 9.52 Å². The highest BCUT2D eigenvalue weighted by molar-refractivity contribution is 7.92. The van der Waals surface area contributed by atoms with Crippen LogP contribution in [-0.4, -0.2) is 14.3 Å². The third kappa shape index (κ3) is 4.19. The van der Waals surface area contributed by atoms with E-state index in [0.29, 0.717) is 17.5 Å². The van der Waals surface area contributed by atoms with E-state index in [-0.39, 0.29) is 17.0 Å². The summed E-state index contributed by atoms with van der Waals surface area (Å²) in [5, 5.41) is 2.70. The molecule has 0 saturated carbocycles. The lowest BCUT2D eigenvalue weighted by molar-refractivity contribution is -0.137. The Kier molecular flexibility index (Phi) is 4.89. The summed E-state index contributed by atoms with van der Waals surface area (Å²) in [6.07, 6.45) is -4.68. The number of hydrogen-bond acceptors (Lipinski definition) is 4. The van der Waals surface area contributed by atoms with Crippen LogP contribution in [0.2, 0.25) is 0 Å². The van der Waals surface area contributed by atoms with Crippen molar-refractivity contribution >= 4 is 27.3 Å². The number of carbonyl (C=O) groups is 1. The number of rotatable bonds is 3. The number of sulfonamides is 1. The molecule has 0 spiro atoms. The number of ether oxygens (including phenoxy) is 1. The molecule has 3 aromatic carbocycles. The second-order valence-electron chi connectivity index (χ2n) is 6.90. The summed E-state index contributed by atoms with van der Waals surface area (Å²) in [5.41, 5.74) is 0.351. The monoisotopic (exact) mass is 448 g/mol. The molecule has 0 aliphatic carbocycles. The molecule has 6 nitrogen and oxygen atoms in total. The Labute approximate surface area is 175 Å². The topological polar surface area (TPSA) is 84.5 Å². The van der Waals surface area contributed by atoms with Crippen LogP contribution in [0.15, 0.2) is 65.6 Å². The molecule has 0 fully saturated rings. The van der Waals surface area contributed by atoms with Crippen molar-refractivity contribution < 1.29 is 31.1 Å². The van der Waals surface area contributed by atoms with Crippen LogP contribution in [-0.2, 0) is 16.2 Å². The van der Waals surface area contributed by atoms with Gasteiger partial charge in [0.15, 0.2) is 5.75 Å². The maximum Gasteiger partial charge on any atom is 0.416 e. The molecule has 1 aliphatic rings. The Morgan fingerprint density at radius 1 is 0.968 bits per heavy atom. The van der Waals surface area contributed by atoms with Gasteiger partial charge in [0.2, 0.25) is 0 Å². The summed E-state index contributed by atoms with van der Waals surface area (Å²) in [5.74, 6) is 0.122. The first-order valence-corrected chi connectivity index (χ1v) is 10.5. The number of fused-ring (bicyclic) bond motifs is 2. The zero-order valence-corrected chi connectivity index (χ0v) is 16.8. The first-order valence-electron chi connectivity index (χ1n) is 8.97. The van der Waals surface area contributed by atoms with Gasteiger partial charge in [-0.15, -0.1) is 0 Å². The summed E-state index contributed by atoms with van der Waals surface area (Å²) < 4.78 is 71.9. The fraction of sp³-hybridized carbons (Fsp3) is 0.0952. The van der Waals surface area contributed by atoms with E-state index in [4.69, 9.17) is 4.74 Å². The summed E-state index contributed by atoms with van der Waals surface area (Å²) in [6, 6.07) is 12.7. The minimum Gasteiger partial charge on any atom is -0.454 e. The highest BCUT2D eigenvalue weighted by Crippen LogP contribution is 2.37. The normalized spacial score (nSPS) is 13.4. The predicted molar refractivity (Wildman–Crippen MR) is 108 cm³/mol. The van der Waals surface area contributed by atoms with Crippen LogP contribution in [0.4, 0.5) is 24.5 Å². The smallest absolute Gasteiger partial charge is 0.416 e. The number of benzene rings is 3. The van der Waals surface area contributed by atoms with Gasteiger partial charge < -0.3 is 10.1 Å². The van der Waals surface area contributed by atoms with Crippen LogP contribution < -0.4 is 14.8 Å². The molecular formula is C21H15F3N2O4S. The molecule has 31 heavy (non-hydrogen) atoms. The lowest BCUT2D eigenvalue weighted by Gasteiger charge is -2.12. The van der Waals surface area contributed by atoms with Crippen molar-refractivity contribution in [3.8, 4) is 11.5 Å². The van der Waals surface area contributed by atoms with Crippen LogP contribution in [0.5, 0.6) is 11.5 Å². The third-order valence-corrected chi connectivity index (χ3v) is 5.93. The molecule has 0 atom stereocenters. The van der Waals surface area contributed by atoms with Crippen LogP contribution >= 0.6 is 0 Å². The lowest BCUT2D eigenvalue weighted by atomic mass is 10.1. The Morgan fingerprint density at radius 2 is 1.71 bits per heavy atom. The number of halogens is 3. The molecule has 0 saturated heterocycles. The number of alkyl halides is 3. The first-order chi connectivity index (χ1) is 14.5. The van der Waals surface area contributed by atoms with Crippen molar-refractivity contribution in [3.63, 3.8) is 0 Å². The number of aryl methyl sites for hydroxylation is 1. The van der Waals surface area contributed by atoms with Gasteiger partial charge in [0.1, 0.15) is 5.75 Å². The summed E-state index contributed by atoms with van der Waals surface area (Å²) >= 11 is 0. The molecule has 0 aromatic heterocycles. The number of hydrogen-bond donors (Lipinski definition) is 2. The van der Waals surface area contributed by atoms with E-state index >= 15 is 0 Å². The molecule has 1 amide bonds. The summed E-state index contributed by atoms with van der Waals surface area (Å²) in [4.78, 5) is 12.1. The van der Waals surface area contributed by atoms with Crippen molar-refractivity contribution in [3.05, 3.63) is 77.4 Å². The van der Waals surface area contributed by atoms with Gasteiger partial charge in [0.25, 0.3) is 15.9 Å². The van der Waals surface area contributed by atoms with E-state index in [2.05, 4.69) is 10.0 Å². The molecule has 1 aliphatic heterocycles. The number of anilines is 2. The first kappa shape index (κ1) is 20.7. The van der Waals surface area contributed by atoms with Crippen molar-refractivity contribution in [1.82, 2.24) is 0 Å². The maximum atomic E-state index is 12.9. The molecule has 0 bridgehead atoms. The second kappa shape index (κ2) is 7.31. The van der Waals surface area contributed by atoms with E-state index in [0.717, 1.165) is 23.8 Å². The van der Waals surface area contributed by atoms with E-state index in [1.54, 1.807) is 12.1 Å². The summed E-state index contributed by atoms with van der Waals surface area (Å²) in [7, 11) is -4.33. The van der Waals surface area contributed by atoms with Gasteiger partial charge in [-0.2, -0.15) is 13.2 Å². The predicted octanol–water partition coefficient (Wildman–Crippen LogP) is 5.17. The largest absolute Gasteiger partial charge is 0.454 e. The second-order valence-corrected chi connectivity index (χ2v) is 8.58. The van der Waals surface area contributed by atoms with Crippen molar-refractivity contribution in [2.75, 3.05) is 10.0 Å². The Hall–Kier alpha value is -3.53. The molecule has 0 radical (unpaired) electrons. The molecule has 160 valence electrons. The van der Waals surface area contributed by atoms with E-state index in [1.165, 1.54) is 18.2 Å². The molecule has 3 aromatic rings. The van der Waals surface area contributed by atoms with Gasteiger partial charge in [-0.1, -0.05) is 12.1 Å². The standard InChI is InChI=1S/C21H15F3N2O4S/c1-12-5-7-19-17(9-12)25-20(27)16-11-14(6-8-18(16)30-19)26-31(28,29)15-4-2-3-13(10-15)21(22,23)24/h2-11,26H,1H3,(H,25,27). The van der Waals surface area contributed by atoms with Crippen LogP contribution in [0, 0.1) is 6.92 Å². The van der Waals surface area contributed by atoms with Gasteiger partial charge in [-0.05, 0) is 61.0 Å². The summed E-state index contributed by atoms with van der Waals surface area (Å²) in [6.45, 7) is 1.85. The van der Waals surface area contributed by atoms with Gasteiger partial charge in [0, 0.05) is 5.69 Å².